The van der Waals surface area contributed by atoms with E-state index in [2.05, 4.69) is 43.2 Å². The molecule has 0 N–H and O–H groups in total. The highest BCUT2D eigenvalue weighted by molar-refractivity contribution is 6.41. The van der Waals surface area contributed by atoms with Crippen molar-refractivity contribution in [2.45, 2.75) is 40.2 Å². The van der Waals surface area contributed by atoms with Crippen molar-refractivity contribution < 1.29 is 4.79 Å². The monoisotopic (exact) mass is 417 g/mol. The molecule has 0 bridgehead atoms. The van der Waals surface area contributed by atoms with Gasteiger partial charge in [-0.1, -0.05) is 49.2 Å². The lowest BCUT2D eigenvalue weighted by Crippen LogP contribution is -2.27. The summed E-state index contributed by atoms with van der Waals surface area (Å²) in [6.45, 7) is 7.94. The van der Waals surface area contributed by atoms with Crippen molar-refractivity contribution in [2.75, 3.05) is 0 Å². The minimum Gasteiger partial charge on any atom is -0.318 e. The maximum atomic E-state index is 12.8. The van der Waals surface area contributed by atoms with Gasteiger partial charge in [0.1, 0.15) is 11.6 Å². The largest absolute Gasteiger partial charge is 0.318 e. The maximum Gasteiger partial charge on any atom is 0.287 e. The van der Waals surface area contributed by atoms with E-state index in [0.29, 0.717) is 11.5 Å². The van der Waals surface area contributed by atoms with Crippen molar-refractivity contribution in [3.05, 3.63) is 79.4 Å². The van der Waals surface area contributed by atoms with Crippen LogP contribution in [0.1, 0.15) is 47.1 Å². The number of nitrogens with zero attached hydrogens (tertiary/aromatic N) is 3. The minimum atomic E-state index is -0.583. The Morgan fingerprint density at radius 3 is 2.39 bits per heavy atom. The third kappa shape index (κ3) is 3.77. The van der Waals surface area contributed by atoms with Gasteiger partial charge in [-0.05, 0) is 43.5 Å². The van der Waals surface area contributed by atoms with Gasteiger partial charge in [0.15, 0.2) is 5.78 Å². The summed E-state index contributed by atoms with van der Waals surface area (Å²) < 4.78 is 3.06. The van der Waals surface area contributed by atoms with Crippen molar-refractivity contribution in [2.24, 2.45) is 0 Å². The van der Waals surface area contributed by atoms with Crippen LogP contribution in [0.25, 0.3) is 5.69 Å². The molecule has 1 aromatic carbocycles. The van der Waals surface area contributed by atoms with E-state index < -0.39 is 5.56 Å². The van der Waals surface area contributed by atoms with Gasteiger partial charge in [0.25, 0.3) is 5.56 Å². The van der Waals surface area contributed by atoms with Crippen LogP contribution < -0.4 is 5.56 Å². The fraction of sp³-hybridized carbons (Fsp3) is 0.286. The number of aromatic nitrogens is 3. The van der Waals surface area contributed by atoms with Gasteiger partial charge in [0.2, 0.25) is 0 Å². The normalized spacial score (nSPS) is 11.2. The van der Waals surface area contributed by atoms with E-state index in [1.165, 1.54) is 11.8 Å². The zero-order valence-corrected chi connectivity index (χ0v) is 17.7. The summed E-state index contributed by atoms with van der Waals surface area (Å²) in [6, 6.07) is 10.1. The number of halogens is 2. The summed E-state index contributed by atoms with van der Waals surface area (Å²) in [4.78, 5) is 25.0. The van der Waals surface area contributed by atoms with Crippen molar-refractivity contribution in [3.8, 4) is 5.69 Å². The molecule has 3 rings (SSSR count). The maximum absolute atomic E-state index is 12.8. The molecule has 0 fully saturated rings. The van der Waals surface area contributed by atoms with E-state index in [9.17, 15) is 9.59 Å². The van der Waals surface area contributed by atoms with Crippen LogP contribution in [-0.2, 0) is 6.54 Å². The van der Waals surface area contributed by atoms with E-state index in [0.717, 1.165) is 21.8 Å². The molecular formula is C21H21Cl2N3O2. The molecule has 7 heteroatoms. The first-order chi connectivity index (χ1) is 13.2. The lowest BCUT2D eigenvalue weighted by molar-refractivity contribution is 0.0965. The molecule has 2 aromatic heterocycles. The summed E-state index contributed by atoms with van der Waals surface area (Å²) in [5.41, 5.74) is 3.96. The Labute approximate surface area is 173 Å². The molecule has 5 nitrogen and oxygen atoms in total. The SMILES string of the molecule is Cc1cc(C(=O)Cn2ncc(Cl)c(Cl)c2=O)c(C)n1-c1ccc(C(C)C)cc1. The third-order valence-electron chi connectivity index (χ3n) is 4.79. The predicted molar refractivity (Wildman–Crippen MR) is 112 cm³/mol. The zero-order chi connectivity index (χ0) is 20.6. The molecule has 146 valence electrons. The Bertz CT molecular complexity index is 1100. The van der Waals surface area contributed by atoms with Crippen LogP contribution in [0.4, 0.5) is 0 Å². The molecule has 2 heterocycles. The number of benzene rings is 1. The second-order valence-corrected chi connectivity index (χ2v) is 7.84. The van der Waals surface area contributed by atoms with Crippen molar-refractivity contribution in [3.63, 3.8) is 0 Å². The van der Waals surface area contributed by atoms with E-state index in [1.807, 2.05) is 24.5 Å². The molecule has 0 saturated carbocycles. The van der Waals surface area contributed by atoms with Crippen LogP contribution in [0.3, 0.4) is 0 Å². The average Bonchev–Trinajstić information content (AvgIpc) is 2.96. The van der Waals surface area contributed by atoms with Gasteiger partial charge in [0.05, 0.1) is 11.2 Å². The van der Waals surface area contributed by atoms with Crippen LogP contribution in [-0.4, -0.2) is 20.1 Å². The summed E-state index contributed by atoms with van der Waals surface area (Å²) >= 11 is 11.7. The second-order valence-electron chi connectivity index (χ2n) is 7.06. The summed E-state index contributed by atoms with van der Waals surface area (Å²) in [5, 5.41) is 3.84. The van der Waals surface area contributed by atoms with Gasteiger partial charge >= 0.3 is 0 Å². The molecule has 0 aliphatic carbocycles. The Hall–Kier alpha value is -2.37. The number of carbonyl (C=O) groups is 1. The quantitative estimate of drug-likeness (QED) is 0.550. The van der Waals surface area contributed by atoms with Gasteiger partial charge in [-0.3, -0.25) is 9.59 Å². The lowest BCUT2D eigenvalue weighted by atomic mass is 10.0. The average molecular weight is 418 g/mol. The van der Waals surface area contributed by atoms with Crippen LogP contribution >= 0.6 is 23.2 Å². The van der Waals surface area contributed by atoms with E-state index in [1.54, 1.807) is 0 Å². The predicted octanol–water partition coefficient (Wildman–Crippen LogP) is 4.96. The third-order valence-corrected chi connectivity index (χ3v) is 5.53. The summed E-state index contributed by atoms with van der Waals surface area (Å²) in [7, 11) is 0. The molecule has 0 saturated heterocycles. The summed E-state index contributed by atoms with van der Waals surface area (Å²) in [5.74, 6) is 0.237. The first-order valence-electron chi connectivity index (χ1n) is 8.94. The first-order valence-corrected chi connectivity index (χ1v) is 9.70. The molecular weight excluding hydrogens is 397 g/mol. The number of aryl methyl sites for hydroxylation is 1. The molecule has 0 radical (unpaired) electrons. The molecule has 0 spiro atoms. The number of rotatable bonds is 5. The van der Waals surface area contributed by atoms with Crippen molar-refractivity contribution >= 4 is 29.0 Å². The number of ketones is 1. The number of carbonyl (C=O) groups excluding carboxylic acids is 1. The highest BCUT2D eigenvalue weighted by Gasteiger charge is 2.19. The molecule has 3 aromatic rings. The number of hydrogen-bond donors (Lipinski definition) is 0. The molecule has 0 unspecified atom stereocenters. The van der Waals surface area contributed by atoms with Crippen molar-refractivity contribution in [1.29, 1.82) is 0 Å². The molecule has 0 amide bonds. The molecule has 0 aliphatic rings. The minimum absolute atomic E-state index is 0.0680. The molecule has 0 aliphatic heterocycles. The number of hydrogen-bond acceptors (Lipinski definition) is 3. The van der Waals surface area contributed by atoms with Gasteiger partial charge in [0, 0.05) is 22.6 Å². The Balaban J connectivity index is 1.94. The van der Waals surface area contributed by atoms with Crippen molar-refractivity contribution in [1.82, 2.24) is 14.3 Å². The number of Topliss-reactive ketones (excluding diaryl/α,β-unsaturated/α-hetero) is 1. The van der Waals surface area contributed by atoms with Gasteiger partial charge < -0.3 is 4.57 Å². The zero-order valence-electron chi connectivity index (χ0n) is 16.2. The summed E-state index contributed by atoms with van der Waals surface area (Å²) in [6.07, 6.45) is 1.26. The second kappa shape index (κ2) is 7.94. The van der Waals surface area contributed by atoms with Crippen LogP contribution in [0, 0.1) is 13.8 Å². The molecule has 28 heavy (non-hydrogen) atoms. The highest BCUT2D eigenvalue weighted by atomic mass is 35.5. The van der Waals surface area contributed by atoms with Crippen LogP contribution in [0.2, 0.25) is 10.0 Å². The Kier molecular flexibility index (Phi) is 5.77. The standard InChI is InChI=1S/C21H21Cl2N3O2/c1-12(2)15-5-7-16(8-6-15)26-13(3)9-17(14(26)4)19(27)11-25-21(28)20(23)18(22)10-24-25/h5-10,12H,11H2,1-4H3. The molecule has 0 atom stereocenters. The topological polar surface area (TPSA) is 56.9 Å². The van der Waals surface area contributed by atoms with Crippen LogP contribution in [0.15, 0.2) is 41.3 Å². The van der Waals surface area contributed by atoms with Gasteiger partial charge in [-0.2, -0.15) is 5.10 Å². The van der Waals surface area contributed by atoms with Gasteiger partial charge in [-0.25, -0.2) is 4.68 Å². The van der Waals surface area contributed by atoms with E-state index in [4.69, 9.17) is 23.2 Å². The first kappa shape index (κ1) is 20.4. The lowest BCUT2D eigenvalue weighted by Gasteiger charge is -2.12. The van der Waals surface area contributed by atoms with Crippen LogP contribution in [0.5, 0.6) is 0 Å². The van der Waals surface area contributed by atoms with E-state index in [-0.39, 0.29) is 22.4 Å². The fourth-order valence-electron chi connectivity index (χ4n) is 3.23. The Morgan fingerprint density at radius 2 is 1.79 bits per heavy atom. The highest BCUT2D eigenvalue weighted by Crippen LogP contribution is 2.24. The van der Waals surface area contributed by atoms with Gasteiger partial charge in [-0.15, -0.1) is 0 Å². The van der Waals surface area contributed by atoms with E-state index >= 15 is 0 Å². The Morgan fingerprint density at radius 1 is 1.14 bits per heavy atom. The fourth-order valence-corrected chi connectivity index (χ4v) is 3.50. The smallest absolute Gasteiger partial charge is 0.287 e.